The molecule has 5 heteroatoms. The van der Waals surface area contributed by atoms with Gasteiger partial charge < -0.3 is 0 Å². The lowest BCUT2D eigenvalue weighted by Crippen LogP contribution is -2.08. The van der Waals surface area contributed by atoms with Gasteiger partial charge in [0.1, 0.15) is 0 Å². The van der Waals surface area contributed by atoms with E-state index in [-0.39, 0.29) is 4.90 Å². The molecule has 0 N–H and O–H groups in total. The Hall–Kier alpha value is -0.835. The number of rotatable bonds is 1. The summed E-state index contributed by atoms with van der Waals surface area (Å²) < 4.78 is 21.8. The van der Waals surface area contributed by atoms with Gasteiger partial charge in [-0.2, -0.15) is 0 Å². The number of sulfone groups is 1. The smallest absolute Gasteiger partial charge is 0.177 e. The Kier molecular flexibility index (Phi) is 2.00. The Bertz CT molecular complexity index is 343. The lowest BCUT2D eigenvalue weighted by molar-refractivity contribution is 0.601. The molecule has 0 spiro atoms. The Balaban J connectivity index is 3.20. The molecule has 0 radical (unpaired) electrons. The summed E-state index contributed by atoms with van der Waals surface area (Å²) in [6.07, 6.45) is 2.53. The molecular formula is C6H8BNO2S. The predicted molar refractivity (Wildman–Crippen MR) is 45.5 cm³/mol. The van der Waals surface area contributed by atoms with Gasteiger partial charge in [0.05, 0.1) is 4.90 Å². The van der Waals surface area contributed by atoms with Crippen molar-refractivity contribution in [1.82, 2.24) is 4.98 Å². The van der Waals surface area contributed by atoms with Crippen LogP contribution >= 0.6 is 0 Å². The fourth-order valence-corrected chi connectivity index (χ4v) is 1.23. The number of hydrogen-bond acceptors (Lipinski definition) is 3. The average molecular weight is 169 g/mol. The molecule has 0 amide bonds. The molecule has 0 fully saturated rings. The summed E-state index contributed by atoms with van der Waals surface area (Å²) in [5.41, 5.74) is 0.817. The largest absolute Gasteiger partial charge is 0.271 e. The van der Waals surface area contributed by atoms with Crippen molar-refractivity contribution in [3.8, 4) is 0 Å². The zero-order valence-corrected chi connectivity index (χ0v) is 7.22. The maximum absolute atomic E-state index is 10.9. The minimum atomic E-state index is -3.08. The van der Waals surface area contributed by atoms with Crippen LogP contribution in [0.4, 0.5) is 0 Å². The summed E-state index contributed by atoms with van der Waals surface area (Å²) in [6, 6.07) is 3.23. The molecular weight excluding hydrogens is 161 g/mol. The van der Waals surface area contributed by atoms with Gasteiger partial charge in [-0.05, 0) is 17.7 Å². The zero-order valence-electron chi connectivity index (χ0n) is 6.40. The van der Waals surface area contributed by atoms with Gasteiger partial charge in [0.15, 0.2) is 17.7 Å². The van der Waals surface area contributed by atoms with Gasteiger partial charge in [-0.1, -0.05) is 0 Å². The van der Waals surface area contributed by atoms with E-state index in [0.29, 0.717) is 0 Å². The van der Waals surface area contributed by atoms with Gasteiger partial charge in [-0.15, -0.1) is 0 Å². The van der Waals surface area contributed by atoms with E-state index < -0.39 is 9.84 Å². The number of nitrogens with zero attached hydrogens (tertiary/aromatic N) is 1. The fourth-order valence-electron chi connectivity index (χ4n) is 0.674. The Morgan fingerprint density at radius 1 is 1.45 bits per heavy atom. The van der Waals surface area contributed by atoms with Crippen molar-refractivity contribution < 1.29 is 8.42 Å². The van der Waals surface area contributed by atoms with Crippen molar-refractivity contribution in [3.05, 3.63) is 18.3 Å². The van der Waals surface area contributed by atoms with E-state index in [1.807, 2.05) is 7.85 Å². The van der Waals surface area contributed by atoms with Gasteiger partial charge in [0, 0.05) is 12.5 Å². The third kappa shape index (κ3) is 2.05. The normalized spacial score (nSPS) is 11.4. The van der Waals surface area contributed by atoms with Crippen LogP contribution in [0.1, 0.15) is 0 Å². The van der Waals surface area contributed by atoms with Gasteiger partial charge in [0.25, 0.3) is 0 Å². The van der Waals surface area contributed by atoms with Crippen LogP contribution in [-0.2, 0) is 9.84 Å². The maximum atomic E-state index is 10.9. The molecule has 0 aliphatic carbocycles. The van der Waals surface area contributed by atoms with Crippen LogP contribution in [0.2, 0.25) is 0 Å². The Labute approximate surface area is 66.8 Å². The average Bonchev–Trinajstić information content (AvgIpc) is 1.86. The molecule has 0 saturated heterocycles. The highest BCUT2D eigenvalue weighted by Gasteiger charge is 2.05. The monoisotopic (exact) mass is 169 g/mol. The molecule has 1 aromatic rings. The molecule has 1 heterocycles. The minimum Gasteiger partial charge on any atom is -0.271 e. The molecule has 3 nitrogen and oxygen atoms in total. The van der Waals surface area contributed by atoms with Crippen LogP contribution < -0.4 is 5.59 Å². The molecule has 58 valence electrons. The maximum Gasteiger partial charge on any atom is 0.177 e. The van der Waals surface area contributed by atoms with Crippen molar-refractivity contribution in [2.75, 3.05) is 6.26 Å². The van der Waals surface area contributed by atoms with Crippen molar-refractivity contribution in [1.29, 1.82) is 0 Å². The van der Waals surface area contributed by atoms with E-state index >= 15 is 0 Å². The summed E-state index contributed by atoms with van der Waals surface area (Å²) in [6.45, 7) is 0. The highest BCUT2D eigenvalue weighted by Crippen LogP contribution is 2.02. The molecule has 0 aliphatic rings. The second kappa shape index (κ2) is 2.66. The molecule has 0 atom stereocenters. The van der Waals surface area contributed by atoms with Gasteiger partial charge >= 0.3 is 0 Å². The topological polar surface area (TPSA) is 47.0 Å². The van der Waals surface area contributed by atoms with Gasteiger partial charge in [-0.25, -0.2) is 8.42 Å². The van der Waals surface area contributed by atoms with Crippen LogP contribution in [0, 0.1) is 0 Å². The predicted octanol–water partition coefficient (Wildman–Crippen LogP) is -1.26. The quantitative estimate of drug-likeness (QED) is 0.493. The van der Waals surface area contributed by atoms with E-state index in [1.54, 1.807) is 12.1 Å². The lowest BCUT2D eigenvalue weighted by atomic mass is 10.1. The second-order valence-corrected chi connectivity index (χ2v) is 4.42. The van der Waals surface area contributed by atoms with E-state index in [0.717, 1.165) is 5.59 Å². The molecule has 1 aromatic heterocycles. The van der Waals surface area contributed by atoms with E-state index in [9.17, 15) is 8.42 Å². The summed E-state index contributed by atoms with van der Waals surface area (Å²) in [5.74, 6) is 0. The Morgan fingerprint density at radius 3 is 2.45 bits per heavy atom. The summed E-state index contributed by atoms with van der Waals surface area (Å²) in [7, 11) is -1.27. The third-order valence-corrected chi connectivity index (χ3v) is 2.41. The van der Waals surface area contributed by atoms with Gasteiger partial charge in [0.2, 0.25) is 0 Å². The highest BCUT2D eigenvalue weighted by atomic mass is 32.2. The number of pyridine rings is 1. The molecule has 1 rings (SSSR count). The van der Waals surface area contributed by atoms with Crippen molar-refractivity contribution in [2.45, 2.75) is 4.90 Å². The first kappa shape index (κ1) is 8.26. The standard InChI is InChI=1S/C6H8BNO2S/c1-11(9,10)5-2-3-6(7)8-4-5/h2-4H,7H2,1H3. The van der Waals surface area contributed by atoms with Crippen molar-refractivity contribution in [3.63, 3.8) is 0 Å². The van der Waals surface area contributed by atoms with Crippen LogP contribution in [0.25, 0.3) is 0 Å². The molecule has 0 unspecified atom stereocenters. The second-order valence-electron chi connectivity index (χ2n) is 2.41. The SMILES string of the molecule is Bc1ccc(S(C)(=O)=O)cn1. The summed E-state index contributed by atoms with van der Waals surface area (Å²) >= 11 is 0. The minimum absolute atomic E-state index is 0.267. The van der Waals surface area contributed by atoms with Crippen LogP contribution in [0.3, 0.4) is 0 Å². The number of aromatic nitrogens is 1. The summed E-state index contributed by atoms with van der Waals surface area (Å²) in [5, 5.41) is 0. The van der Waals surface area contributed by atoms with E-state index in [1.165, 1.54) is 12.5 Å². The highest BCUT2D eigenvalue weighted by molar-refractivity contribution is 7.90. The fraction of sp³-hybridized carbons (Fsp3) is 0.167. The first-order valence-corrected chi connectivity index (χ1v) is 5.02. The Morgan fingerprint density at radius 2 is 2.09 bits per heavy atom. The van der Waals surface area contributed by atoms with Crippen LogP contribution in [0.15, 0.2) is 23.2 Å². The zero-order chi connectivity index (χ0) is 8.48. The molecule has 0 bridgehead atoms. The first-order chi connectivity index (χ1) is 5.00. The third-order valence-electron chi connectivity index (χ3n) is 1.31. The summed E-state index contributed by atoms with van der Waals surface area (Å²) in [4.78, 5) is 4.13. The van der Waals surface area contributed by atoms with Crippen molar-refractivity contribution >= 4 is 23.3 Å². The lowest BCUT2D eigenvalue weighted by Gasteiger charge is -1.96. The number of hydrogen-bond donors (Lipinski definition) is 0. The molecule has 0 saturated carbocycles. The molecule has 0 aromatic carbocycles. The van der Waals surface area contributed by atoms with Crippen molar-refractivity contribution in [2.24, 2.45) is 0 Å². The molecule has 0 aliphatic heterocycles. The van der Waals surface area contributed by atoms with Crippen LogP contribution in [-0.4, -0.2) is 27.5 Å². The molecule has 11 heavy (non-hydrogen) atoms. The van der Waals surface area contributed by atoms with Crippen LogP contribution in [0.5, 0.6) is 0 Å². The van der Waals surface area contributed by atoms with E-state index in [4.69, 9.17) is 0 Å². The van der Waals surface area contributed by atoms with Gasteiger partial charge in [-0.3, -0.25) is 4.98 Å². The van der Waals surface area contributed by atoms with E-state index in [2.05, 4.69) is 4.98 Å². The first-order valence-electron chi connectivity index (χ1n) is 3.13.